The second-order valence-corrected chi connectivity index (χ2v) is 6.06. The van der Waals surface area contributed by atoms with Gasteiger partial charge in [0.25, 0.3) is 0 Å². The number of nitrogens with one attached hydrogen (secondary N) is 1. The standard InChI is InChI=1S/C17H30N2/c1-13(2)12-14(3)19(6)15(4)17(18-5)16-10-8-7-9-11-16/h7-11,13-15,17-18H,12H2,1-6H3. The minimum absolute atomic E-state index is 0.376. The molecule has 19 heavy (non-hydrogen) atoms. The van der Waals surface area contributed by atoms with Crippen molar-refractivity contribution in [2.24, 2.45) is 5.92 Å². The van der Waals surface area contributed by atoms with Crippen LogP contribution in [-0.4, -0.2) is 31.1 Å². The molecule has 0 saturated carbocycles. The molecule has 1 rings (SSSR count). The highest BCUT2D eigenvalue weighted by Crippen LogP contribution is 2.22. The Morgan fingerprint density at radius 2 is 1.63 bits per heavy atom. The van der Waals surface area contributed by atoms with Gasteiger partial charge in [-0.05, 0) is 45.8 Å². The highest BCUT2D eigenvalue weighted by atomic mass is 15.2. The molecule has 0 saturated heterocycles. The molecule has 3 unspecified atom stereocenters. The van der Waals surface area contributed by atoms with Crippen LogP contribution in [0.5, 0.6) is 0 Å². The topological polar surface area (TPSA) is 15.3 Å². The lowest BCUT2D eigenvalue weighted by atomic mass is 9.96. The Labute approximate surface area is 119 Å². The van der Waals surface area contributed by atoms with Gasteiger partial charge in [-0.2, -0.15) is 0 Å². The Hall–Kier alpha value is -0.860. The Balaban J connectivity index is 2.76. The first-order chi connectivity index (χ1) is 8.97. The molecule has 0 spiro atoms. The predicted octanol–water partition coefficient (Wildman–Crippen LogP) is 3.70. The van der Waals surface area contributed by atoms with Gasteiger partial charge in [0, 0.05) is 18.1 Å². The largest absolute Gasteiger partial charge is 0.312 e. The third-order valence-corrected chi connectivity index (χ3v) is 4.10. The first-order valence-corrected chi connectivity index (χ1v) is 7.41. The van der Waals surface area contributed by atoms with E-state index in [1.165, 1.54) is 12.0 Å². The van der Waals surface area contributed by atoms with E-state index < -0.39 is 0 Å². The molecule has 0 fully saturated rings. The first kappa shape index (κ1) is 16.2. The van der Waals surface area contributed by atoms with E-state index in [4.69, 9.17) is 0 Å². The fraction of sp³-hybridized carbons (Fsp3) is 0.647. The summed E-state index contributed by atoms with van der Waals surface area (Å²) in [6.07, 6.45) is 1.24. The average Bonchev–Trinajstić information content (AvgIpc) is 2.39. The number of likely N-dealkylation sites (N-methyl/N-ethyl adjacent to an activating group) is 2. The highest BCUT2D eigenvalue weighted by molar-refractivity contribution is 5.20. The summed E-state index contributed by atoms with van der Waals surface area (Å²) >= 11 is 0. The molecule has 1 aromatic carbocycles. The van der Waals surface area contributed by atoms with Crippen LogP contribution in [-0.2, 0) is 0 Å². The SMILES string of the molecule is CNC(c1ccccc1)C(C)N(C)C(C)CC(C)C. The van der Waals surface area contributed by atoms with Crippen LogP contribution < -0.4 is 5.32 Å². The van der Waals surface area contributed by atoms with Crippen molar-refractivity contribution < 1.29 is 0 Å². The van der Waals surface area contributed by atoms with Crippen molar-refractivity contribution in [1.82, 2.24) is 10.2 Å². The third kappa shape index (κ3) is 4.63. The highest BCUT2D eigenvalue weighted by Gasteiger charge is 2.24. The van der Waals surface area contributed by atoms with Gasteiger partial charge in [-0.15, -0.1) is 0 Å². The van der Waals surface area contributed by atoms with Crippen molar-refractivity contribution in [3.63, 3.8) is 0 Å². The summed E-state index contributed by atoms with van der Waals surface area (Å²) < 4.78 is 0. The van der Waals surface area contributed by atoms with Crippen molar-refractivity contribution in [3.8, 4) is 0 Å². The van der Waals surface area contributed by atoms with E-state index in [-0.39, 0.29) is 0 Å². The molecule has 2 heteroatoms. The quantitative estimate of drug-likeness (QED) is 0.806. The molecule has 1 aromatic rings. The third-order valence-electron chi connectivity index (χ3n) is 4.10. The summed E-state index contributed by atoms with van der Waals surface area (Å²) in [6, 6.07) is 12.2. The molecule has 1 N–H and O–H groups in total. The molecule has 0 aromatic heterocycles. The lowest BCUT2D eigenvalue weighted by molar-refractivity contribution is 0.146. The summed E-state index contributed by atoms with van der Waals surface area (Å²) in [5, 5.41) is 3.47. The van der Waals surface area contributed by atoms with Gasteiger partial charge in [-0.1, -0.05) is 44.2 Å². The van der Waals surface area contributed by atoms with Crippen molar-refractivity contribution in [3.05, 3.63) is 35.9 Å². The average molecular weight is 262 g/mol. The van der Waals surface area contributed by atoms with Crippen LogP contribution >= 0.6 is 0 Å². The van der Waals surface area contributed by atoms with Gasteiger partial charge >= 0.3 is 0 Å². The van der Waals surface area contributed by atoms with Crippen LogP contribution in [0.2, 0.25) is 0 Å². The number of benzene rings is 1. The van der Waals surface area contributed by atoms with E-state index >= 15 is 0 Å². The lowest BCUT2D eigenvalue weighted by Gasteiger charge is -2.36. The van der Waals surface area contributed by atoms with Gasteiger partial charge in [0.05, 0.1) is 0 Å². The van der Waals surface area contributed by atoms with Gasteiger partial charge in [0.1, 0.15) is 0 Å². The van der Waals surface area contributed by atoms with Gasteiger partial charge in [-0.3, -0.25) is 4.90 Å². The Morgan fingerprint density at radius 1 is 1.05 bits per heavy atom. The smallest absolute Gasteiger partial charge is 0.0472 e. The predicted molar refractivity (Wildman–Crippen MR) is 84.4 cm³/mol. The summed E-state index contributed by atoms with van der Waals surface area (Å²) in [5.74, 6) is 0.745. The van der Waals surface area contributed by atoms with Gasteiger partial charge in [-0.25, -0.2) is 0 Å². The maximum Gasteiger partial charge on any atom is 0.0472 e. The second kappa shape index (κ2) is 7.66. The van der Waals surface area contributed by atoms with E-state index in [1.807, 2.05) is 0 Å². The number of rotatable bonds is 7. The van der Waals surface area contributed by atoms with Crippen LogP contribution in [0.4, 0.5) is 0 Å². The van der Waals surface area contributed by atoms with E-state index in [9.17, 15) is 0 Å². The second-order valence-electron chi connectivity index (χ2n) is 6.06. The Morgan fingerprint density at radius 3 is 2.11 bits per heavy atom. The lowest BCUT2D eigenvalue weighted by Crippen LogP contribution is -2.44. The van der Waals surface area contributed by atoms with Gasteiger partial charge in [0.15, 0.2) is 0 Å². The van der Waals surface area contributed by atoms with Crippen molar-refractivity contribution >= 4 is 0 Å². The molecule has 0 heterocycles. The summed E-state index contributed by atoms with van der Waals surface area (Å²) in [5.41, 5.74) is 1.36. The van der Waals surface area contributed by atoms with Gasteiger partial charge < -0.3 is 5.32 Å². The van der Waals surface area contributed by atoms with Crippen LogP contribution in [0, 0.1) is 5.92 Å². The summed E-state index contributed by atoms with van der Waals surface area (Å²) in [7, 11) is 4.29. The Bertz CT molecular complexity index is 348. The zero-order valence-electron chi connectivity index (χ0n) is 13.4. The van der Waals surface area contributed by atoms with Crippen molar-refractivity contribution in [1.29, 1.82) is 0 Å². The molecule has 0 aliphatic carbocycles. The molecule has 3 atom stereocenters. The summed E-state index contributed by atoms with van der Waals surface area (Å²) in [6.45, 7) is 9.22. The maximum atomic E-state index is 3.47. The fourth-order valence-electron chi connectivity index (χ4n) is 2.83. The molecule has 2 nitrogen and oxygen atoms in total. The maximum absolute atomic E-state index is 3.47. The molecule has 108 valence electrons. The van der Waals surface area contributed by atoms with E-state index in [2.05, 4.69) is 82.3 Å². The Kier molecular flexibility index (Phi) is 6.53. The molecule has 0 aliphatic heterocycles. The first-order valence-electron chi connectivity index (χ1n) is 7.41. The van der Waals surface area contributed by atoms with Gasteiger partial charge in [0.2, 0.25) is 0 Å². The minimum atomic E-state index is 0.376. The summed E-state index contributed by atoms with van der Waals surface area (Å²) in [4.78, 5) is 2.49. The van der Waals surface area contributed by atoms with E-state index in [1.54, 1.807) is 0 Å². The molecule has 0 amide bonds. The zero-order valence-corrected chi connectivity index (χ0v) is 13.4. The van der Waals surface area contributed by atoms with E-state index in [0.29, 0.717) is 18.1 Å². The van der Waals surface area contributed by atoms with Crippen LogP contribution in [0.3, 0.4) is 0 Å². The van der Waals surface area contributed by atoms with Crippen molar-refractivity contribution in [2.45, 2.75) is 52.2 Å². The number of hydrogen-bond acceptors (Lipinski definition) is 2. The minimum Gasteiger partial charge on any atom is -0.312 e. The monoisotopic (exact) mass is 262 g/mol. The molecule has 0 bridgehead atoms. The fourth-order valence-corrected chi connectivity index (χ4v) is 2.83. The zero-order chi connectivity index (χ0) is 14.4. The van der Waals surface area contributed by atoms with Crippen LogP contribution in [0.1, 0.15) is 45.7 Å². The van der Waals surface area contributed by atoms with E-state index in [0.717, 1.165) is 5.92 Å². The van der Waals surface area contributed by atoms with Crippen molar-refractivity contribution in [2.75, 3.05) is 14.1 Å². The molecular formula is C17H30N2. The molecular weight excluding hydrogens is 232 g/mol. The normalized spacial score (nSPS) is 16.6. The number of hydrogen-bond donors (Lipinski definition) is 1. The molecule has 0 radical (unpaired) electrons. The van der Waals surface area contributed by atoms with Crippen LogP contribution in [0.25, 0.3) is 0 Å². The molecule has 0 aliphatic rings. The van der Waals surface area contributed by atoms with Crippen LogP contribution in [0.15, 0.2) is 30.3 Å². The number of nitrogens with zero attached hydrogens (tertiary/aromatic N) is 1.